The molecular weight excluding hydrogens is 284 g/mol. The van der Waals surface area contributed by atoms with Gasteiger partial charge in [-0.1, -0.05) is 13.8 Å². The second-order valence-corrected chi connectivity index (χ2v) is 9.58. The minimum Gasteiger partial charge on any atom is -0.317 e. The molecule has 1 N–H and O–H groups in total. The summed E-state index contributed by atoms with van der Waals surface area (Å²) in [6.07, 6.45) is 4.67. The van der Waals surface area contributed by atoms with Crippen molar-refractivity contribution >= 4 is 9.84 Å². The third-order valence-corrected chi connectivity index (χ3v) is 7.19. The molecule has 21 heavy (non-hydrogen) atoms. The molecule has 0 spiro atoms. The van der Waals surface area contributed by atoms with Crippen molar-refractivity contribution in [1.29, 1.82) is 0 Å². The lowest BCUT2D eigenvalue weighted by Gasteiger charge is -2.40. The van der Waals surface area contributed by atoms with E-state index in [2.05, 4.69) is 31.1 Å². The van der Waals surface area contributed by atoms with E-state index in [-0.39, 0.29) is 0 Å². The molecule has 2 aliphatic rings. The number of hydrogen-bond donors (Lipinski definition) is 1. The Hall–Kier alpha value is -0.130. The van der Waals surface area contributed by atoms with Crippen LogP contribution < -0.4 is 5.32 Å². The summed E-state index contributed by atoms with van der Waals surface area (Å²) in [5.74, 6) is 2.97. The molecule has 1 saturated heterocycles. The fraction of sp³-hybridized carbons (Fsp3) is 1.00. The van der Waals surface area contributed by atoms with Crippen LogP contribution in [0.5, 0.6) is 0 Å². The fourth-order valence-corrected chi connectivity index (χ4v) is 5.30. The lowest BCUT2D eigenvalue weighted by Crippen LogP contribution is -2.45. The van der Waals surface area contributed by atoms with Gasteiger partial charge in [0.2, 0.25) is 0 Å². The molecule has 1 saturated carbocycles. The van der Waals surface area contributed by atoms with E-state index in [1.54, 1.807) is 0 Å². The predicted octanol–water partition coefficient (Wildman–Crippen LogP) is 1.77. The Bertz CT molecular complexity index is 422. The average Bonchev–Trinajstić information content (AvgIpc) is 2.60. The van der Waals surface area contributed by atoms with Gasteiger partial charge in [-0.3, -0.25) is 0 Å². The quantitative estimate of drug-likeness (QED) is 0.859. The van der Waals surface area contributed by atoms with Crippen molar-refractivity contribution in [2.45, 2.75) is 45.6 Å². The van der Waals surface area contributed by atoms with Gasteiger partial charge < -0.3 is 10.2 Å². The van der Waals surface area contributed by atoms with Gasteiger partial charge in [-0.2, -0.15) is 0 Å². The van der Waals surface area contributed by atoms with Crippen molar-refractivity contribution in [2.24, 2.45) is 17.8 Å². The number of rotatable bonds is 4. The molecular formula is C16H32N2O2S. The highest BCUT2D eigenvalue weighted by Gasteiger charge is 2.32. The minimum absolute atomic E-state index is 0.345. The Labute approximate surface area is 130 Å². The van der Waals surface area contributed by atoms with Gasteiger partial charge in [-0.05, 0) is 57.0 Å². The lowest BCUT2D eigenvalue weighted by atomic mass is 9.73. The first-order valence-corrected chi connectivity index (χ1v) is 10.3. The Morgan fingerprint density at radius 2 is 1.95 bits per heavy atom. The number of nitrogens with zero attached hydrogens (tertiary/aromatic N) is 1. The van der Waals surface area contributed by atoms with Crippen LogP contribution in [0.1, 0.15) is 39.5 Å². The molecule has 4 nitrogen and oxygen atoms in total. The summed E-state index contributed by atoms with van der Waals surface area (Å²) in [6, 6.07) is 0.597. The molecule has 1 aliphatic heterocycles. The van der Waals surface area contributed by atoms with Gasteiger partial charge in [0.05, 0.1) is 11.5 Å². The predicted molar refractivity (Wildman–Crippen MR) is 88.2 cm³/mol. The molecule has 0 radical (unpaired) electrons. The van der Waals surface area contributed by atoms with E-state index in [1.165, 1.54) is 19.3 Å². The van der Waals surface area contributed by atoms with E-state index in [0.29, 0.717) is 23.5 Å². The van der Waals surface area contributed by atoms with Gasteiger partial charge in [0.25, 0.3) is 0 Å². The molecule has 3 unspecified atom stereocenters. The van der Waals surface area contributed by atoms with E-state index < -0.39 is 9.84 Å². The maximum Gasteiger partial charge on any atom is 0.151 e. The first-order valence-electron chi connectivity index (χ1n) is 8.51. The number of nitrogens with one attached hydrogen (secondary N) is 1. The van der Waals surface area contributed by atoms with Gasteiger partial charge in [-0.25, -0.2) is 8.42 Å². The Morgan fingerprint density at radius 3 is 2.62 bits per heavy atom. The van der Waals surface area contributed by atoms with Crippen molar-refractivity contribution in [1.82, 2.24) is 10.2 Å². The van der Waals surface area contributed by atoms with Gasteiger partial charge in [0.1, 0.15) is 0 Å². The highest BCUT2D eigenvalue weighted by Crippen LogP contribution is 2.34. The van der Waals surface area contributed by atoms with Crippen LogP contribution in [0, 0.1) is 17.8 Å². The zero-order chi connectivity index (χ0) is 15.5. The Morgan fingerprint density at radius 1 is 1.19 bits per heavy atom. The van der Waals surface area contributed by atoms with Crippen molar-refractivity contribution in [3.8, 4) is 0 Å². The van der Waals surface area contributed by atoms with Crippen molar-refractivity contribution < 1.29 is 8.42 Å². The highest BCUT2D eigenvalue weighted by molar-refractivity contribution is 7.91. The first-order chi connectivity index (χ1) is 9.91. The second-order valence-electron chi connectivity index (χ2n) is 7.28. The normalized spacial score (nSPS) is 34.8. The van der Waals surface area contributed by atoms with Crippen LogP contribution in [0.2, 0.25) is 0 Å². The molecule has 2 fully saturated rings. The Kier molecular flexibility index (Phi) is 6.09. The van der Waals surface area contributed by atoms with Gasteiger partial charge in [0, 0.05) is 19.1 Å². The van der Waals surface area contributed by atoms with E-state index in [4.69, 9.17) is 0 Å². The number of sulfone groups is 1. The largest absolute Gasteiger partial charge is 0.317 e. The molecule has 124 valence electrons. The summed E-state index contributed by atoms with van der Waals surface area (Å²) in [5.41, 5.74) is 0. The van der Waals surface area contributed by atoms with Crippen molar-refractivity contribution in [3.05, 3.63) is 0 Å². The standard InChI is InChI=1S/C16H32N2O2S/c1-13(2)14-5-6-16(17-3)15(11-14)12-18-7-4-9-21(19,20)10-8-18/h13-17H,4-12H2,1-3H3. The van der Waals surface area contributed by atoms with Crippen LogP contribution in [0.3, 0.4) is 0 Å². The summed E-state index contributed by atoms with van der Waals surface area (Å²) in [4.78, 5) is 2.39. The maximum absolute atomic E-state index is 11.7. The van der Waals surface area contributed by atoms with Gasteiger partial charge in [0.15, 0.2) is 9.84 Å². The highest BCUT2D eigenvalue weighted by atomic mass is 32.2. The molecule has 0 aromatic rings. The molecule has 5 heteroatoms. The van der Waals surface area contributed by atoms with Crippen LogP contribution in [0.25, 0.3) is 0 Å². The van der Waals surface area contributed by atoms with E-state index in [1.807, 2.05) is 0 Å². The summed E-state index contributed by atoms with van der Waals surface area (Å²) >= 11 is 0. The third kappa shape index (κ3) is 4.93. The van der Waals surface area contributed by atoms with Gasteiger partial charge in [-0.15, -0.1) is 0 Å². The second kappa shape index (κ2) is 7.42. The Balaban J connectivity index is 1.94. The molecule has 2 rings (SSSR count). The minimum atomic E-state index is -2.79. The van der Waals surface area contributed by atoms with E-state index >= 15 is 0 Å². The third-order valence-electron chi connectivity index (χ3n) is 5.48. The molecule has 0 aromatic carbocycles. The summed E-state index contributed by atoms with van der Waals surface area (Å²) in [7, 11) is -0.724. The van der Waals surface area contributed by atoms with Crippen LogP contribution in [-0.4, -0.2) is 57.5 Å². The molecule has 0 bridgehead atoms. The van der Waals surface area contributed by atoms with Crippen LogP contribution >= 0.6 is 0 Å². The zero-order valence-corrected chi connectivity index (χ0v) is 14.7. The number of hydrogen-bond acceptors (Lipinski definition) is 4. The van der Waals surface area contributed by atoms with Crippen molar-refractivity contribution in [2.75, 3.05) is 38.2 Å². The lowest BCUT2D eigenvalue weighted by molar-refractivity contribution is 0.128. The van der Waals surface area contributed by atoms with Crippen LogP contribution in [0.4, 0.5) is 0 Å². The SMILES string of the molecule is CNC1CCC(C(C)C)CC1CN1CCCS(=O)(=O)CC1. The molecule has 1 heterocycles. The van der Waals surface area contributed by atoms with E-state index in [9.17, 15) is 8.42 Å². The summed E-state index contributed by atoms with van der Waals surface area (Å²) < 4.78 is 23.5. The molecule has 0 aromatic heterocycles. The zero-order valence-electron chi connectivity index (χ0n) is 13.8. The van der Waals surface area contributed by atoms with Gasteiger partial charge >= 0.3 is 0 Å². The van der Waals surface area contributed by atoms with Crippen LogP contribution in [0.15, 0.2) is 0 Å². The molecule has 0 amide bonds. The van der Waals surface area contributed by atoms with Crippen LogP contribution in [-0.2, 0) is 9.84 Å². The monoisotopic (exact) mass is 316 g/mol. The first kappa shape index (κ1) is 17.2. The average molecular weight is 317 g/mol. The molecule has 3 atom stereocenters. The van der Waals surface area contributed by atoms with E-state index in [0.717, 1.165) is 37.9 Å². The fourth-order valence-electron chi connectivity index (χ4n) is 3.99. The maximum atomic E-state index is 11.7. The molecule has 1 aliphatic carbocycles. The summed E-state index contributed by atoms with van der Waals surface area (Å²) in [6.45, 7) is 7.39. The summed E-state index contributed by atoms with van der Waals surface area (Å²) in [5, 5.41) is 3.49. The van der Waals surface area contributed by atoms with Crippen molar-refractivity contribution in [3.63, 3.8) is 0 Å². The topological polar surface area (TPSA) is 49.4 Å². The smallest absolute Gasteiger partial charge is 0.151 e.